The Balaban J connectivity index is 1.65. The molecular formula is C19H26ClN3O2. The fourth-order valence-corrected chi connectivity index (χ4v) is 4.00. The van der Waals surface area contributed by atoms with Gasteiger partial charge in [0.15, 0.2) is 0 Å². The highest BCUT2D eigenvalue weighted by atomic mass is 35.5. The lowest BCUT2D eigenvalue weighted by Gasteiger charge is -2.29. The first-order valence-corrected chi connectivity index (χ1v) is 9.45. The number of amides is 2. The zero-order chi connectivity index (χ0) is 18.0. The van der Waals surface area contributed by atoms with E-state index in [1.807, 2.05) is 13.8 Å². The van der Waals surface area contributed by atoms with E-state index in [0.717, 1.165) is 12.8 Å². The highest BCUT2D eigenvalue weighted by Crippen LogP contribution is 2.27. The standard InChI is InChI=1S/C19H26ClN3O2/c1-11(2)7-18(24)22-14-5-6-17(20)16(10-14)19(25)23-15-8-12-3-4-13(9-15)21-12/h5-6,10-13,15,21H,3-4,7-9H2,1-2H3,(H,22,24)(H,23,25). The lowest BCUT2D eigenvalue weighted by molar-refractivity contribution is -0.116. The van der Waals surface area contributed by atoms with Gasteiger partial charge in [0.1, 0.15) is 0 Å². The van der Waals surface area contributed by atoms with Crippen LogP contribution < -0.4 is 16.0 Å². The second kappa shape index (κ2) is 7.75. The van der Waals surface area contributed by atoms with Gasteiger partial charge in [0.25, 0.3) is 5.91 Å². The monoisotopic (exact) mass is 363 g/mol. The molecule has 0 saturated carbocycles. The molecule has 0 radical (unpaired) electrons. The fraction of sp³-hybridized carbons (Fsp3) is 0.579. The number of hydrogen-bond acceptors (Lipinski definition) is 3. The van der Waals surface area contributed by atoms with Crippen molar-refractivity contribution >= 4 is 29.1 Å². The van der Waals surface area contributed by atoms with E-state index in [9.17, 15) is 9.59 Å². The average Bonchev–Trinajstić information content (AvgIpc) is 2.87. The Kier molecular flexibility index (Phi) is 5.64. The van der Waals surface area contributed by atoms with Crippen molar-refractivity contribution in [3.05, 3.63) is 28.8 Å². The number of benzene rings is 1. The van der Waals surface area contributed by atoms with Crippen LogP contribution in [-0.4, -0.2) is 29.9 Å². The molecule has 2 unspecified atom stereocenters. The predicted octanol–water partition coefficient (Wildman–Crippen LogP) is 3.34. The molecule has 6 heteroatoms. The van der Waals surface area contributed by atoms with Crippen LogP contribution in [0.4, 0.5) is 5.69 Å². The first kappa shape index (κ1) is 18.2. The van der Waals surface area contributed by atoms with Crippen LogP contribution in [0.25, 0.3) is 0 Å². The van der Waals surface area contributed by atoms with Crippen molar-refractivity contribution in [1.29, 1.82) is 0 Å². The van der Waals surface area contributed by atoms with Crippen LogP contribution in [0.2, 0.25) is 5.02 Å². The zero-order valence-corrected chi connectivity index (χ0v) is 15.5. The quantitative estimate of drug-likeness (QED) is 0.751. The highest BCUT2D eigenvalue weighted by Gasteiger charge is 2.34. The van der Waals surface area contributed by atoms with Crippen molar-refractivity contribution in [1.82, 2.24) is 10.6 Å². The maximum Gasteiger partial charge on any atom is 0.253 e. The molecule has 1 aromatic carbocycles. The van der Waals surface area contributed by atoms with Gasteiger partial charge in [0.05, 0.1) is 10.6 Å². The summed E-state index contributed by atoms with van der Waals surface area (Å²) in [6, 6.07) is 6.25. The van der Waals surface area contributed by atoms with Crippen LogP contribution in [0.15, 0.2) is 18.2 Å². The Morgan fingerprint density at radius 1 is 1.24 bits per heavy atom. The second-order valence-corrected chi connectivity index (χ2v) is 8.03. The highest BCUT2D eigenvalue weighted by molar-refractivity contribution is 6.34. The van der Waals surface area contributed by atoms with Gasteiger partial charge in [-0.05, 0) is 49.8 Å². The van der Waals surface area contributed by atoms with Crippen LogP contribution in [-0.2, 0) is 4.79 Å². The Bertz CT molecular complexity index is 650. The number of halogens is 1. The molecule has 2 amide bonds. The maximum atomic E-state index is 12.7. The largest absolute Gasteiger partial charge is 0.349 e. The number of piperidine rings is 1. The number of fused-ring (bicyclic) bond motifs is 2. The van der Waals surface area contributed by atoms with Gasteiger partial charge in [-0.3, -0.25) is 9.59 Å². The molecule has 2 aliphatic heterocycles. The summed E-state index contributed by atoms with van der Waals surface area (Å²) in [5.74, 6) is 0.0558. The van der Waals surface area contributed by atoms with Crippen LogP contribution in [0.1, 0.15) is 56.3 Å². The summed E-state index contributed by atoms with van der Waals surface area (Å²) in [6.07, 6.45) is 4.75. The molecule has 5 nitrogen and oxygen atoms in total. The minimum atomic E-state index is -0.170. The van der Waals surface area contributed by atoms with E-state index in [1.165, 1.54) is 12.8 Å². The molecule has 0 aliphatic carbocycles. The maximum absolute atomic E-state index is 12.7. The molecule has 1 aromatic rings. The number of rotatable bonds is 5. The molecule has 25 heavy (non-hydrogen) atoms. The Morgan fingerprint density at radius 3 is 2.56 bits per heavy atom. The summed E-state index contributed by atoms with van der Waals surface area (Å²) in [7, 11) is 0. The normalized spacial score (nSPS) is 25.0. The van der Waals surface area contributed by atoms with E-state index >= 15 is 0 Å². The van der Waals surface area contributed by atoms with Crippen molar-refractivity contribution in [2.24, 2.45) is 5.92 Å². The van der Waals surface area contributed by atoms with Gasteiger partial charge in [-0.1, -0.05) is 25.4 Å². The van der Waals surface area contributed by atoms with Crippen LogP contribution in [0, 0.1) is 5.92 Å². The van der Waals surface area contributed by atoms with Gasteiger partial charge >= 0.3 is 0 Å². The summed E-state index contributed by atoms with van der Waals surface area (Å²) in [5, 5.41) is 9.91. The van der Waals surface area contributed by atoms with Crippen molar-refractivity contribution in [3.8, 4) is 0 Å². The Hall–Kier alpha value is -1.59. The minimum Gasteiger partial charge on any atom is -0.349 e. The third-order valence-electron chi connectivity index (χ3n) is 4.90. The number of anilines is 1. The first-order valence-electron chi connectivity index (χ1n) is 9.07. The molecule has 2 atom stereocenters. The summed E-state index contributed by atoms with van der Waals surface area (Å²) in [6.45, 7) is 3.99. The molecule has 3 rings (SSSR count). The Morgan fingerprint density at radius 2 is 1.92 bits per heavy atom. The number of carbonyl (C=O) groups excluding carboxylic acids is 2. The molecular weight excluding hydrogens is 338 g/mol. The van der Waals surface area contributed by atoms with Crippen molar-refractivity contribution in [2.75, 3.05) is 5.32 Å². The molecule has 2 bridgehead atoms. The fourth-order valence-electron chi connectivity index (χ4n) is 3.80. The van der Waals surface area contributed by atoms with Gasteiger partial charge in [-0.25, -0.2) is 0 Å². The molecule has 2 fully saturated rings. The summed E-state index contributed by atoms with van der Waals surface area (Å²) < 4.78 is 0. The van der Waals surface area contributed by atoms with Crippen LogP contribution >= 0.6 is 11.6 Å². The lowest BCUT2D eigenvalue weighted by Crippen LogP contribution is -2.48. The lowest BCUT2D eigenvalue weighted by atomic mass is 9.99. The van der Waals surface area contributed by atoms with Gasteiger partial charge in [0.2, 0.25) is 5.91 Å². The molecule has 2 aliphatic rings. The van der Waals surface area contributed by atoms with Gasteiger partial charge in [0, 0.05) is 30.2 Å². The van der Waals surface area contributed by atoms with Crippen LogP contribution in [0.3, 0.4) is 0 Å². The van der Waals surface area contributed by atoms with E-state index in [0.29, 0.717) is 34.8 Å². The number of nitrogens with one attached hydrogen (secondary N) is 3. The second-order valence-electron chi connectivity index (χ2n) is 7.62. The third-order valence-corrected chi connectivity index (χ3v) is 5.23. The third kappa shape index (κ3) is 4.73. The summed E-state index contributed by atoms with van der Waals surface area (Å²) >= 11 is 6.21. The van der Waals surface area contributed by atoms with Crippen molar-refractivity contribution < 1.29 is 9.59 Å². The molecule has 136 valence electrons. The van der Waals surface area contributed by atoms with Crippen molar-refractivity contribution in [2.45, 2.75) is 64.1 Å². The minimum absolute atomic E-state index is 0.0568. The van der Waals surface area contributed by atoms with Gasteiger partial charge in [-0.2, -0.15) is 0 Å². The van der Waals surface area contributed by atoms with E-state index < -0.39 is 0 Å². The molecule has 0 spiro atoms. The topological polar surface area (TPSA) is 70.2 Å². The zero-order valence-electron chi connectivity index (χ0n) is 14.8. The first-order chi connectivity index (χ1) is 11.9. The summed E-state index contributed by atoms with van der Waals surface area (Å²) in [4.78, 5) is 24.6. The van der Waals surface area contributed by atoms with Gasteiger partial charge < -0.3 is 16.0 Å². The van der Waals surface area contributed by atoms with E-state index in [1.54, 1.807) is 18.2 Å². The molecule has 2 heterocycles. The van der Waals surface area contributed by atoms with Gasteiger partial charge in [-0.15, -0.1) is 0 Å². The number of hydrogen-bond donors (Lipinski definition) is 3. The molecule has 3 N–H and O–H groups in total. The number of carbonyl (C=O) groups is 2. The average molecular weight is 364 g/mol. The van der Waals surface area contributed by atoms with E-state index in [2.05, 4.69) is 16.0 Å². The smallest absolute Gasteiger partial charge is 0.253 e. The summed E-state index contributed by atoms with van der Waals surface area (Å²) in [5.41, 5.74) is 1.01. The molecule has 0 aromatic heterocycles. The van der Waals surface area contributed by atoms with Crippen LogP contribution in [0.5, 0.6) is 0 Å². The van der Waals surface area contributed by atoms with Crippen molar-refractivity contribution in [3.63, 3.8) is 0 Å². The SMILES string of the molecule is CC(C)CC(=O)Nc1ccc(Cl)c(C(=O)NC2CC3CCC(C2)N3)c1. The Labute approximate surface area is 153 Å². The predicted molar refractivity (Wildman–Crippen MR) is 100.0 cm³/mol. The van der Waals surface area contributed by atoms with E-state index in [4.69, 9.17) is 11.6 Å². The van der Waals surface area contributed by atoms with E-state index in [-0.39, 0.29) is 23.8 Å². The molecule has 2 saturated heterocycles.